The maximum atomic E-state index is 13.8. The molecule has 0 radical (unpaired) electrons. The van der Waals surface area contributed by atoms with Gasteiger partial charge in [-0.05, 0) is 76.2 Å². The number of nitrogens with zero attached hydrogens (tertiary/aromatic N) is 4. The van der Waals surface area contributed by atoms with Crippen LogP contribution >= 0.6 is 0 Å². The van der Waals surface area contributed by atoms with E-state index in [4.69, 9.17) is 0 Å². The van der Waals surface area contributed by atoms with Gasteiger partial charge in [0.2, 0.25) is 5.91 Å². The maximum absolute atomic E-state index is 13.8. The van der Waals surface area contributed by atoms with E-state index in [1.54, 1.807) is 0 Å². The number of pyridine rings is 1. The molecule has 3 aliphatic rings. The van der Waals surface area contributed by atoms with Gasteiger partial charge in [0.15, 0.2) is 9.84 Å². The van der Waals surface area contributed by atoms with E-state index in [2.05, 4.69) is 64.5 Å². The number of hydrogen-bond donors (Lipinski definition) is 1. The molecule has 1 aromatic carbocycles. The van der Waals surface area contributed by atoms with Crippen LogP contribution in [0.2, 0.25) is 0 Å². The fourth-order valence-electron chi connectivity index (χ4n) is 6.68. The first-order valence-corrected chi connectivity index (χ1v) is 16.2. The first kappa shape index (κ1) is 28.5. The topological polar surface area (TPSA) is 103 Å². The smallest absolute Gasteiger partial charge is 0.320 e. The molecule has 1 spiro atoms. The van der Waals surface area contributed by atoms with Crippen molar-refractivity contribution in [2.75, 3.05) is 45.3 Å². The minimum atomic E-state index is -3.36. The molecule has 216 valence electrons. The van der Waals surface area contributed by atoms with Crippen molar-refractivity contribution in [3.05, 3.63) is 54.2 Å². The van der Waals surface area contributed by atoms with Gasteiger partial charge in [-0.15, -0.1) is 0 Å². The standard InChI is InChI=1S/C30H41N5O4S/c1-33(2)30(24-10-5-4-6-11-24)17-15-29(16-18-30)22-34(28(37)35(29)21-23-8-7-9-23)19-14-27(36)32-26-13-12-25(20-31-26)40(3,38)39/h4-6,10-13,20,23H,7-9,14-19,21-22H2,1-3H3,(H,31,32,36)/t29-,30-. The molecule has 1 aliphatic heterocycles. The Balaban J connectivity index is 1.26. The molecular formula is C30H41N5O4S. The predicted octanol–water partition coefficient (Wildman–Crippen LogP) is 4.12. The van der Waals surface area contributed by atoms with Crippen LogP contribution in [0.3, 0.4) is 0 Å². The Hall–Kier alpha value is -2.98. The monoisotopic (exact) mass is 567 g/mol. The van der Waals surface area contributed by atoms with Crippen LogP contribution in [0.5, 0.6) is 0 Å². The normalized spacial score (nSPS) is 25.4. The van der Waals surface area contributed by atoms with Crippen LogP contribution in [0.4, 0.5) is 10.6 Å². The van der Waals surface area contributed by atoms with Gasteiger partial charge in [-0.2, -0.15) is 0 Å². The lowest BCUT2D eigenvalue weighted by atomic mass is 9.68. The number of anilines is 1. The highest BCUT2D eigenvalue weighted by atomic mass is 32.2. The van der Waals surface area contributed by atoms with Gasteiger partial charge in [0.25, 0.3) is 0 Å². The van der Waals surface area contributed by atoms with Crippen LogP contribution < -0.4 is 5.32 Å². The van der Waals surface area contributed by atoms with Crippen molar-refractivity contribution < 1.29 is 18.0 Å². The van der Waals surface area contributed by atoms with Gasteiger partial charge < -0.3 is 15.1 Å². The third-order valence-electron chi connectivity index (χ3n) is 9.44. The molecule has 10 heteroatoms. The van der Waals surface area contributed by atoms with Gasteiger partial charge in [-0.1, -0.05) is 36.8 Å². The summed E-state index contributed by atoms with van der Waals surface area (Å²) >= 11 is 0. The van der Waals surface area contributed by atoms with E-state index in [1.807, 2.05) is 4.90 Å². The number of nitrogens with one attached hydrogen (secondary N) is 1. The summed E-state index contributed by atoms with van der Waals surface area (Å²) in [5.41, 5.74) is 1.07. The van der Waals surface area contributed by atoms with Gasteiger partial charge in [0.05, 0.1) is 10.4 Å². The number of amides is 3. The van der Waals surface area contributed by atoms with E-state index in [9.17, 15) is 18.0 Å². The molecule has 1 saturated heterocycles. The lowest BCUT2D eigenvalue weighted by Gasteiger charge is -2.51. The Morgan fingerprint density at radius 2 is 1.77 bits per heavy atom. The van der Waals surface area contributed by atoms with Gasteiger partial charge in [0, 0.05) is 44.0 Å². The highest BCUT2D eigenvalue weighted by Gasteiger charge is 2.54. The van der Waals surface area contributed by atoms with Crippen molar-refractivity contribution in [1.29, 1.82) is 0 Å². The molecule has 1 N–H and O–H groups in total. The number of hydrogen-bond acceptors (Lipinski definition) is 6. The quantitative estimate of drug-likeness (QED) is 0.489. The second-order valence-corrected chi connectivity index (χ2v) is 14.1. The molecule has 9 nitrogen and oxygen atoms in total. The van der Waals surface area contributed by atoms with E-state index < -0.39 is 9.84 Å². The summed E-state index contributed by atoms with van der Waals surface area (Å²) in [5, 5.41) is 2.73. The van der Waals surface area contributed by atoms with Crippen molar-refractivity contribution in [3.63, 3.8) is 0 Å². The second-order valence-electron chi connectivity index (χ2n) is 12.1. The summed E-state index contributed by atoms with van der Waals surface area (Å²) in [6.07, 6.45) is 9.91. The van der Waals surface area contributed by atoms with E-state index in [-0.39, 0.29) is 34.3 Å². The number of sulfone groups is 1. The van der Waals surface area contributed by atoms with Crippen LogP contribution in [-0.2, 0) is 20.2 Å². The number of rotatable bonds is 9. The van der Waals surface area contributed by atoms with Crippen molar-refractivity contribution in [3.8, 4) is 0 Å². The van der Waals surface area contributed by atoms with Gasteiger partial charge in [-0.25, -0.2) is 18.2 Å². The molecule has 40 heavy (non-hydrogen) atoms. The number of benzene rings is 1. The Morgan fingerprint density at radius 3 is 2.33 bits per heavy atom. The van der Waals surface area contributed by atoms with Crippen LogP contribution in [0.25, 0.3) is 0 Å². The number of aromatic nitrogens is 1. The largest absolute Gasteiger partial charge is 0.322 e. The molecule has 2 aliphatic carbocycles. The zero-order valence-electron chi connectivity index (χ0n) is 23.8. The zero-order chi connectivity index (χ0) is 28.5. The van der Waals surface area contributed by atoms with Gasteiger partial charge in [-0.3, -0.25) is 9.69 Å². The molecule has 3 fully saturated rings. The Kier molecular flexibility index (Phi) is 7.94. The number of urea groups is 1. The Labute approximate surface area is 237 Å². The zero-order valence-corrected chi connectivity index (χ0v) is 24.6. The average molecular weight is 568 g/mol. The third-order valence-corrected chi connectivity index (χ3v) is 10.5. The highest BCUT2D eigenvalue weighted by Crippen LogP contribution is 2.49. The third kappa shape index (κ3) is 5.61. The molecule has 1 aromatic heterocycles. The second kappa shape index (κ2) is 11.1. The lowest BCUT2D eigenvalue weighted by Crippen LogP contribution is -2.56. The fourth-order valence-corrected chi connectivity index (χ4v) is 7.24. The van der Waals surface area contributed by atoms with Crippen molar-refractivity contribution in [1.82, 2.24) is 19.7 Å². The summed E-state index contributed by atoms with van der Waals surface area (Å²) in [6, 6.07) is 13.7. The average Bonchev–Trinajstić information content (AvgIpc) is 3.15. The van der Waals surface area contributed by atoms with Crippen molar-refractivity contribution in [2.24, 2.45) is 5.92 Å². The van der Waals surface area contributed by atoms with E-state index in [0.29, 0.717) is 24.8 Å². The van der Waals surface area contributed by atoms with E-state index in [1.165, 1.54) is 43.2 Å². The Bertz CT molecular complexity index is 1320. The minimum absolute atomic E-state index is 0.0485. The predicted molar refractivity (Wildman–Crippen MR) is 155 cm³/mol. The van der Waals surface area contributed by atoms with Gasteiger partial charge >= 0.3 is 6.03 Å². The molecule has 0 unspecified atom stereocenters. The van der Waals surface area contributed by atoms with E-state index in [0.717, 1.165) is 38.5 Å². The summed E-state index contributed by atoms with van der Waals surface area (Å²) in [7, 11) is 0.960. The fraction of sp³-hybridized carbons (Fsp3) is 0.567. The van der Waals surface area contributed by atoms with Crippen LogP contribution in [0.15, 0.2) is 53.6 Å². The lowest BCUT2D eigenvalue weighted by molar-refractivity contribution is -0.116. The Morgan fingerprint density at radius 1 is 1.07 bits per heavy atom. The molecule has 0 atom stereocenters. The maximum Gasteiger partial charge on any atom is 0.320 e. The van der Waals surface area contributed by atoms with Gasteiger partial charge in [0.1, 0.15) is 5.82 Å². The highest BCUT2D eigenvalue weighted by molar-refractivity contribution is 7.90. The van der Waals surface area contributed by atoms with E-state index >= 15 is 0 Å². The molecule has 2 saturated carbocycles. The summed E-state index contributed by atoms with van der Waals surface area (Å²) in [5.74, 6) is 0.611. The summed E-state index contributed by atoms with van der Waals surface area (Å²) < 4.78 is 23.3. The molecule has 0 bridgehead atoms. The minimum Gasteiger partial charge on any atom is -0.322 e. The van der Waals surface area contributed by atoms with Crippen molar-refractivity contribution >= 4 is 27.6 Å². The molecular weight excluding hydrogens is 526 g/mol. The summed E-state index contributed by atoms with van der Waals surface area (Å²) in [4.78, 5) is 37.0. The summed E-state index contributed by atoms with van der Waals surface area (Å²) in [6.45, 7) is 1.79. The van der Waals surface area contributed by atoms with Crippen molar-refractivity contribution in [2.45, 2.75) is 67.3 Å². The first-order valence-electron chi connectivity index (χ1n) is 14.3. The molecule has 5 rings (SSSR count). The van der Waals surface area contributed by atoms with Crippen LogP contribution in [-0.4, -0.2) is 85.6 Å². The molecule has 3 amide bonds. The van der Waals surface area contributed by atoms with Crippen LogP contribution in [0.1, 0.15) is 56.9 Å². The van der Waals surface area contributed by atoms with Crippen LogP contribution in [0, 0.1) is 5.92 Å². The molecule has 2 aromatic rings. The SMILES string of the molecule is CN(C)[C@]1(c2ccccc2)CC[C@@]2(CC1)CN(CCC(=O)Nc1ccc(S(C)(=O)=O)cn1)C(=O)N2CC1CCC1. The molecule has 2 heterocycles. The first-order chi connectivity index (χ1) is 19.0. The number of carbonyl (C=O) groups excluding carboxylic acids is 2. The number of carbonyl (C=O) groups is 2.